The van der Waals surface area contributed by atoms with E-state index < -0.39 is 0 Å². The van der Waals surface area contributed by atoms with E-state index >= 15 is 0 Å². The summed E-state index contributed by atoms with van der Waals surface area (Å²) in [6, 6.07) is 0. The van der Waals surface area contributed by atoms with Gasteiger partial charge in [-0.05, 0) is 18.8 Å². The van der Waals surface area contributed by atoms with E-state index in [1.807, 2.05) is 0 Å². The second kappa shape index (κ2) is 4.51. The maximum absolute atomic E-state index is 6.40. The molecule has 1 aliphatic rings. The highest BCUT2D eigenvalue weighted by Crippen LogP contribution is 2.27. The number of rotatable bonds is 3. The van der Waals surface area contributed by atoms with Gasteiger partial charge in [0.15, 0.2) is 5.82 Å². The smallest absolute Gasteiger partial charge is 0.153 e. The maximum atomic E-state index is 6.40. The van der Waals surface area contributed by atoms with Gasteiger partial charge in [0.1, 0.15) is 6.33 Å². The van der Waals surface area contributed by atoms with E-state index in [1.54, 1.807) is 6.33 Å². The van der Waals surface area contributed by atoms with Gasteiger partial charge in [-0.1, -0.05) is 13.8 Å². The fourth-order valence-electron chi connectivity index (χ4n) is 2.13. The summed E-state index contributed by atoms with van der Waals surface area (Å²) in [6.45, 7) is 6.70. The predicted molar refractivity (Wildman–Crippen MR) is 60.8 cm³/mol. The number of nitrogens with zero attached hydrogens (tertiary/aromatic N) is 3. The van der Waals surface area contributed by atoms with Crippen LogP contribution >= 0.6 is 0 Å². The molecule has 90 valence electrons. The summed E-state index contributed by atoms with van der Waals surface area (Å²) in [6.07, 6.45) is 3.42. The van der Waals surface area contributed by atoms with Gasteiger partial charge in [0, 0.05) is 19.8 Å². The Kier molecular flexibility index (Phi) is 3.25. The average molecular weight is 224 g/mol. The first-order valence-corrected chi connectivity index (χ1v) is 5.87. The van der Waals surface area contributed by atoms with E-state index in [9.17, 15) is 0 Å². The highest BCUT2D eigenvalue weighted by atomic mass is 16.5. The molecule has 2 N–H and O–H groups in total. The fourth-order valence-corrected chi connectivity index (χ4v) is 2.13. The molecule has 1 aromatic heterocycles. The Morgan fingerprint density at radius 3 is 2.81 bits per heavy atom. The van der Waals surface area contributed by atoms with Gasteiger partial charge in [-0.3, -0.25) is 0 Å². The first-order valence-electron chi connectivity index (χ1n) is 5.87. The highest BCUT2D eigenvalue weighted by Gasteiger charge is 2.34. The van der Waals surface area contributed by atoms with Crippen molar-refractivity contribution in [2.24, 2.45) is 11.7 Å². The molecule has 0 radical (unpaired) electrons. The van der Waals surface area contributed by atoms with Gasteiger partial charge in [-0.25, -0.2) is 0 Å². The molecule has 2 rings (SSSR count). The van der Waals surface area contributed by atoms with Crippen molar-refractivity contribution in [2.75, 3.05) is 13.2 Å². The number of aromatic nitrogens is 3. The van der Waals surface area contributed by atoms with Gasteiger partial charge >= 0.3 is 0 Å². The van der Waals surface area contributed by atoms with Crippen molar-refractivity contribution in [3.05, 3.63) is 12.2 Å². The lowest BCUT2D eigenvalue weighted by atomic mass is 9.90. The van der Waals surface area contributed by atoms with Crippen molar-refractivity contribution < 1.29 is 4.74 Å². The van der Waals surface area contributed by atoms with Crippen LogP contribution in [0.5, 0.6) is 0 Å². The minimum Gasteiger partial charge on any atom is -0.381 e. The number of nitrogens with two attached hydrogens (primary N) is 1. The van der Waals surface area contributed by atoms with Crippen LogP contribution in [0.25, 0.3) is 0 Å². The summed E-state index contributed by atoms with van der Waals surface area (Å²) in [7, 11) is 0. The van der Waals surface area contributed by atoms with Gasteiger partial charge in [0.2, 0.25) is 0 Å². The summed E-state index contributed by atoms with van der Waals surface area (Å²) < 4.78 is 7.43. The number of hydrogen-bond donors (Lipinski definition) is 1. The molecule has 0 amide bonds. The molecule has 0 unspecified atom stereocenters. The van der Waals surface area contributed by atoms with Crippen molar-refractivity contribution >= 4 is 0 Å². The Hall–Kier alpha value is -0.940. The van der Waals surface area contributed by atoms with Gasteiger partial charge in [0.05, 0.1) is 5.54 Å². The first kappa shape index (κ1) is 11.5. The Morgan fingerprint density at radius 1 is 1.50 bits per heavy atom. The fraction of sp³-hybridized carbons (Fsp3) is 0.818. The second-order valence-corrected chi connectivity index (χ2v) is 4.97. The molecule has 1 aromatic rings. The highest BCUT2D eigenvalue weighted by molar-refractivity contribution is 5.06. The van der Waals surface area contributed by atoms with Gasteiger partial charge in [0.25, 0.3) is 0 Å². The molecular weight excluding hydrogens is 204 g/mol. The lowest BCUT2D eigenvalue weighted by Gasteiger charge is -2.32. The Bertz CT molecular complexity index is 342. The van der Waals surface area contributed by atoms with Crippen LogP contribution < -0.4 is 5.73 Å². The molecule has 16 heavy (non-hydrogen) atoms. The maximum Gasteiger partial charge on any atom is 0.153 e. The van der Waals surface area contributed by atoms with Crippen LogP contribution in [0.4, 0.5) is 0 Å². The van der Waals surface area contributed by atoms with Crippen LogP contribution in [-0.4, -0.2) is 28.0 Å². The zero-order valence-electron chi connectivity index (χ0n) is 10.0. The molecule has 1 aliphatic heterocycles. The summed E-state index contributed by atoms with van der Waals surface area (Å²) in [5.41, 5.74) is 6.04. The van der Waals surface area contributed by atoms with Crippen molar-refractivity contribution in [1.82, 2.24) is 14.8 Å². The lowest BCUT2D eigenvalue weighted by molar-refractivity contribution is 0.0476. The van der Waals surface area contributed by atoms with Crippen LogP contribution in [0, 0.1) is 5.92 Å². The molecule has 1 saturated heterocycles. The van der Waals surface area contributed by atoms with Gasteiger partial charge < -0.3 is 15.0 Å². The molecule has 1 fully saturated rings. The Labute approximate surface area is 96.0 Å². The number of hydrogen-bond acceptors (Lipinski definition) is 4. The van der Waals surface area contributed by atoms with E-state index in [4.69, 9.17) is 10.5 Å². The van der Waals surface area contributed by atoms with Crippen molar-refractivity contribution in [3.8, 4) is 0 Å². The molecule has 0 bridgehead atoms. The van der Waals surface area contributed by atoms with E-state index in [1.165, 1.54) is 0 Å². The lowest BCUT2D eigenvalue weighted by Crippen LogP contribution is -2.44. The molecular formula is C11H20N4O. The third-order valence-corrected chi connectivity index (χ3v) is 3.01. The monoisotopic (exact) mass is 224 g/mol. The van der Waals surface area contributed by atoms with E-state index in [0.717, 1.165) is 25.2 Å². The minimum atomic E-state index is -0.357. The summed E-state index contributed by atoms with van der Waals surface area (Å²) in [5, 5.41) is 8.18. The Morgan fingerprint density at radius 2 is 2.19 bits per heavy atom. The first-order chi connectivity index (χ1) is 7.62. The van der Waals surface area contributed by atoms with Gasteiger partial charge in [-0.2, -0.15) is 0 Å². The van der Waals surface area contributed by atoms with Crippen LogP contribution in [0.3, 0.4) is 0 Å². The molecule has 5 heteroatoms. The SMILES string of the molecule is CC(C)Cn1cnnc1C1(N)CCOCC1. The largest absolute Gasteiger partial charge is 0.381 e. The van der Waals surface area contributed by atoms with Crippen LogP contribution in [-0.2, 0) is 16.8 Å². The minimum absolute atomic E-state index is 0.357. The van der Waals surface area contributed by atoms with Crippen molar-refractivity contribution in [2.45, 2.75) is 38.8 Å². The van der Waals surface area contributed by atoms with Crippen LogP contribution in [0.15, 0.2) is 6.33 Å². The van der Waals surface area contributed by atoms with E-state index in [2.05, 4.69) is 28.6 Å². The zero-order valence-corrected chi connectivity index (χ0v) is 10.0. The molecule has 0 aliphatic carbocycles. The summed E-state index contributed by atoms with van der Waals surface area (Å²) >= 11 is 0. The predicted octanol–water partition coefficient (Wildman–Crippen LogP) is 0.898. The summed E-state index contributed by atoms with van der Waals surface area (Å²) in [5.74, 6) is 1.47. The third kappa shape index (κ3) is 2.25. The summed E-state index contributed by atoms with van der Waals surface area (Å²) in [4.78, 5) is 0. The quantitative estimate of drug-likeness (QED) is 0.828. The third-order valence-electron chi connectivity index (χ3n) is 3.01. The average Bonchev–Trinajstić information content (AvgIpc) is 2.66. The number of ether oxygens (including phenoxy) is 1. The van der Waals surface area contributed by atoms with E-state index in [0.29, 0.717) is 19.1 Å². The van der Waals surface area contributed by atoms with Crippen LogP contribution in [0.1, 0.15) is 32.5 Å². The molecule has 0 spiro atoms. The molecule has 0 aromatic carbocycles. The zero-order chi connectivity index (χ0) is 11.6. The molecule has 0 atom stereocenters. The van der Waals surface area contributed by atoms with Crippen molar-refractivity contribution in [3.63, 3.8) is 0 Å². The Balaban J connectivity index is 2.21. The van der Waals surface area contributed by atoms with E-state index in [-0.39, 0.29) is 5.54 Å². The molecule has 2 heterocycles. The van der Waals surface area contributed by atoms with Crippen molar-refractivity contribution in [1.29, 1.82) is 0 Å². The van der Waals surface area contributed by atoms with Gasteiger partial charge in [-0.15, -0.1) is 10.2 Å². The topological polar surface area (TPSA) is 66.0 Å². The molecule has 0 saturated carbocycles. The normalized spacial score (nSPS) is 20.2. The second-order valence-electron chi connectivity index (χ2n) is 4.97. The standard InChI is InChI=1S/C11H20N4O/c1-9(2)7-15-8-13-14-10(15)11(12)3-5-16-6-4-11/h8-9H,3-7,12H2,1-2H3. The molecule has 5 nitrogen and oxygen atoms in total. The van der Waals surface area contributed by atoms with Crippen LogP contribution in [0.2, 0.25) is 0 Å².